The first kappa shape index (κ1) is 12.5. The van der Waals surface area contributed by atoms with E-state index in [1.807, 2.05) is 23.9 Å². The quantitative estimate of drug-likeness (QED) is 0.878. The Kier molecular flexibility index (Phi) is 3.92. The Bertz CT molecular complexity index is 518. The maximum atomic E-state index is 4.41. The third-order valence-electron chi connectivity index (χ3n) is 2.76. The smallest absolute Gasteiger partial charge is 0.161 e. The first-order valence-electron chi connectivity index (χ1n) is 6.36. The molecule has 18 heavy (non-hydrogen) atoms. The summed E-state index contributed by atoms with van der Waals surface area (Å²) in [6.45, 7) is 7.13. The fraction of sp³-hybridized carbons (Fsp3) is 0.462. The van der Waals surface area contributed by atoms with Crippen LogP contribution in [0.5, 0.6) is 0 Å². The summed E-state index contributed by atoms with van der Waals surface area (Å²) >= 11 is 0. The summed E-state index contributed by atoms with van der Waals surface area (Å²) in [6.07, 6.45) is 5.47. The number of nitrogens with one attached hydrogen (secondary N) is 1. The Hall–Kier alpha value is -1.91. The van der Waals surface area contributed by atoms with E-state index in [0.29, 0.717) is 0 Å². The fourth-order valence-corrected chi connectivity index (χ4v) is 1.85. The predicted molar refractivity (Wildman–Crippen MR) is 72.0 cm³/mol. The van der Waals surface area contributed by atoms with Crippen LogP contribution in [-0.2, 0) is 6.42 Å². The van der Waals surface area contributed by atoms with E-state index in [1.54, 1.807) is 6.33 Å². The number of aromatic nitrogens is 4. The topological polar surface area (TPSA) is 55.6 Å². The van der Waals surface area contributed by atoms with Crippen molar-refractivity contribution in [2.45, 2.75) is 33.6 Å². The molecule has 0 aromatic carbocycles. The third kappa shape index (κ3) is 2.50. The molecule has 0 saturated heterocycles. The van der Waals surface area contributed by atoms with Crippen molar-refractivity contribution in [3.05, 3.63) is 29.8 Å². The van der Waals surface area contributed by atoms with Gasteiger partial charge in [0.25, 0.3) is 0 Å². The molecule has 0 aliphatic heterocycles. The van der Waals surface area contributed by atoms with Crippen LogP contribution >= 0.6 is 0 Å². The molecule has 2 aromatic heterocycles. The van der Waals surface area contributed by atoms with Gasteiger partial charge in [-0.25, -0.2) is 14.6 Å². The summed E-state index contributed by atoms with van der Waals surface area (Å²) in [5.74, 6) is 1.77. The van der Waals surface area contributed by atoms with Gasteiger partial charge in [-0.15, -0.1) is 0 Å². The van der Waals surface area contributed by atoms with Crippen molar-refractivity contribution in [2.75, 3.05) is 11.9 Å². The second-order valence-corrected chi connectivity index (χ2v) is 4.21. The fourth-order valence-electron chi connectivity index (χ4n) is 1.85. The Morgan fingerprint density at radius 2 is 2.11 bits per heavy atom. The molecule has 0 spiro atoms. The Morgan fingerprint density at radius 1 is 1.28 bits per heavy atom. The van der Waals surface area contributed by atoms with Crippen molar-refractivity contribution in [3.8, 4) is 5.82 Å². The lowest BCUT2D eigenvalue weighted by Crippen LogP contribution is -2.10. The predicted octanol–water partition coefficient (Wildman–Crippen LogP) is 2.36. The molecule has 0 bridgehead atoms. The molecule has 0 unspecified atom stereocenters. The highest BCUT2D eigenvalue weighted by atomic mass is 15.3. The Morgan fingerprint density at radius 3 is 2.72 bits per heavy atom. The molecule has 96 valence electrons. The molecule has 0 saturated carbocycles. The number of anilines is 1. The zero-order chi connectivity index (χ0) is 13.0. The first-order valence-corrected chi connectivity index (χ1v) is 6.36. The van der Waals surface area contributed by atoms with Crippen LogP contribution in [-0.4, -0.2) is 26.3 Å². The second kappa shape index (κ2) is 5.62. The molecular weight excluding hydrogens is 226 g/mol. The monoisotopic (exact) mass is 245 g/mol. The summed E-state index contributed by atoms with van der Waals surface area (Å²) < 4.78 is 1.81. The van der Waals surface area contributed by atoms with Gasteiger partial charge in [-0.05, 0) is 25.8 Å². The standard InChI is InChI=1S/C13H19N5/c1-4-7-14-12-11(5-2)13(16-9-15-12)18-8-6-10(3)17-18/h6,8-9H,4-5,7H2,1-3H3,(H,14,15,16). The van der Waals surface area contributed by atoms with Crippen molar-refractivity contribution >= 4 is 5.82 Å². The van der Waals surface area contributed by atoms with Gasteiger partial charge in [0.2, 0.25) is 0 Å². The van der Waals surface area contributed by atoms with E-state index in [9.17, 15) is 0 Å². The minimum absolute atomic E-state index is 0.860. The second-order valence-electron chi connectivity index (χ2n) is 4.21. The lowest BCUT2D eigenvalue weighted by Gasteiger charge is -2.12. The SMILES string of the molecule is CCCNc1ncnc(-n2ccc(C)n2)c1CC. The van der Waals surface area contributed by atoms with Crippen molar-refractivity contribution < 1.29 is 0 Å². The van der Waals surface area contributed by atoms with Gasteiger partial charge in [-0.1, -0.05) is 13.8 Å². The molecule has 0 aliphatic carbocycles. The average molecular weight is 245 g/mol. The number of nitrogens with zero attached hydrogens (tertiary/aromatic N) is 4. The van der Waals surface area contributed by atoms with Gasteiger partial charge in [0, 0.05) is 18.3 Å². The van der Waals surface area contributed by atoms with Crippen LogP contribution in [0.1, 0.15) is 31.5 Å². The molecule has 2 aromatic rings. The molecule has 5 heteroatoms. The normalized spacial score (nSPS) is 10.6. The highest BCUT2D eigenvalue weighted by molar-refractivity contribution is 5.51. The van der Waals surface area contributed by atoms with Crippen molar-refractivity contribution in [2.24, 2.45) is 0 Å². The molecule has 0 atom stereocenters. The van der Waals surface area contributed by atoms with Gasteiger partial charge in [0.1, 0.15) is 12.1 Å². The summed E-state index contributed by atoms with van der Waals surface area (Å²) in [5.41, 5.74) is 2.09. The molecule has 0 radical (unpaired) electrons. The molecular formula is C13H19N5. The molecule has 2 rings (SSSR count). The third-order valence-corrected chi connectivity index (χ3v) is 2.76. The zero-order valence-corrected chi connectivity index (χ0v) is 11.1. The molecule has 2 heterocycles. The highest BCUT2D eigenvalue weighted by Gasteiger charge is 2.11. The van der Waals surface area contributed by atoms with Gasteiger partial charge in [0.15, 0.2) is 5.82 Å². The van der Waals surface area contributed by atoms with Crippen LogP contribution in [0.25, 0.3) is 5.82 Å². The van der Waals surface area contributed by atoms with Gasteiger partial charge >= 0.3 is 0 Å². The average Bonchev–Trinajstić information content (AvgIpc) is 2.82. The molecule has 0 aliphatic rings. The molecule has 0 amide bonds. The van der Waals surface area contributed by atoms with Crippen molar-refractivity contribution in [1.29, 1.82) is 0 Å². The van der Waals surface area contributed by atoms with Crippen molar-refractivity contribution in [1.82, 2.24) is 19.7 Å². The van der Waals surface area contributed by atoms with Crippen LogP contribution in [0, 0.1) is 6.92 Å². The lowest BCUT2D eigenvalue weighted by molar-refractivity contribution is 0.805. The van der Waals surface area contributed by atoms with Gasteiger partial charge in [-0.2, -0.15) is 5.10 Å². The van der Waals surface area contributed by atoms with Gasteiger partial charge < -0.3 is 5.32 Å². The molecule has 0 fully saturated rings. The summed E-state index contributed by atoms with van der Waals surface area (Å²) in [7, 11) is 0. The number of hydrogen-bond acceptors (Lipinski definition) is 4. The van der Waals surface area contributed by atoms with Crippen LogP contribution in [0.15, 0.2) is 18.6 Å². The van der Waals surface area contributed by atoms with E-state index in [-0.39, 0.29) is 0 Å². The van der Waals surface area contributed by atoms with E-state index >= 15 is 0 Å². The van der Waals surface area contributed by atoms with Crippen molar-refractivity contribution in [3.63, 3.8) is 0 Å². The van der Waals surface area contributed by atoms with Crippen LogP contribution in [0.2, 0.25) is 0 Å². The van der Waals surface area contributed by atoms with Gasteiger partial charge in [-0.3, -0.25) is 0 Å². The summed E-state index contributed by atoms with van der Waals surface area (Å²) in [4.78, 5) is 8.67. The van der Waals surface area contributed by atoms with Crippen LogP contribution in [0.3, 0.4) is 0 Å². The lowest BCUT2D eigenvalue weighted by atomic mass is 10.2. The van der Waals surface area contributed by atoms with E-state index < -0.39 is 0 Å². The maximum Gasteiger partial charge on any atom is 0.161 e. The van der Waals surface area contributed by atoms with Crippen LogP contribution in [0.4, 0.5) is 5.82 Å². The summed E-state index contributed by atoms with van der Waals surface area (Å²) in [6, 6.07) is 1.97. The molecule has 5 nitrogen and oxygen atoms in total. The van der Waals surface area contributed by atoms with E-state index in [4.69, 9.17) is 0 Å². The Balaban J connectivity index is 2.41. The van der Waals surface area contributed by atoms with Crippen LogP contribution < -0.4 is 5.32 Å². The number of aryl methyl sites for hydroxylation is 1. The number of hydrogen-bond donors (Lipinski definition) is 1. The highest BCUT2D eigenvalue weighted by Crippen LogP contribution is 2.19. The largest absolute Gasteiger partial charge is 0.370 e. The van der Waals surface area contributed by atoms with E-state index in [1.165, 1.54) is 0 Å². The number of rotatable bonds is 5. The maximum absolute atomic E-state index is 4.41. The van der Waals surface area contributed by atoms with E-state index in [2.05, 4.69) is 34.2 Å². The molecule has 1 N–H and O–H groups in total. The summed E-state index contributed by atoms with van der Waals surface area (Å²) in [5, 5.41) is 7.75. The van der Waals surface area contributed by atoms with Gasteiger partial charge in [0.05, 0.1) is 5.69 Å². The first-order chi connectivity index (χ1) is 8.76. The Labute approximate surface area is 107 Å². The minimum Gasteiger partial charge on any atom is -0.370 e. The minimum atomic E-state index is 0.860. The van der Waals surface area contributed by atoms with E-state index in [0.717, 1.165) is 42.3 Å². The zero-order valence-electron chi connectivity index (χ0n) is 11.1.